The predicted molar refractivity (Wildman–Crippen MR) is 74.7 cm³/mol. The first-order chi connectivity index (χ1) is 9.33. The van der Waals surface area contributed by atoms with E-state index in [1.54, 1.807) is 7.11 Å². The molecule has 1 aromatic rings. The van der Waals surface area contributed by atoms with Gasteiger partial charge in [0.05, 0.1) is 20.3 Å². The number of hydrogen-bond acceptors (Lipinski definition) is 4. The van der Waals surface area contributed by atoms with Crippen molar-refractivity contribution in [1.29, 1.82) is 0 Å². The van der Waals surface area contributed by atoms with E-state index in [4.69, 9.17) is 9.47 Å². The van der Waals surface area contributed by atoms with Crippen LogP contribution in [0.1, 0.15) is 24.8 Å². The molecule has 0 amide bonds. The lowest BCUT2D eigenvalue weighted by Gasteiger charge is -2.15. The highest BCUT2D eigenvalue weighted by molar-refractivity contribution is 5.40. The summed E-state index contributed by atoms with van der Waals surface area (Å²) in [6.07, 6.45) is 3.67. The van der Waals surface area contributed by atoms with Crippen molar-refractivity contribution in [3.05, 3.63) is 23.8 Å². The summed E-state index contributed by atoms with van der Waals surface area (Å²) in [5, 5.41) is 9.28. The van der Waals surface area contributed by atoms with E-state index in [-0.39, 0.29) is 6.61 Å². The van der Waals surface area contributed by atoms with E-state index < -0.39 is 0 Å². The highest BCUT2D eigenvalue weighted by Gasteiger charge is 2.11. The second-order valence-corrected chi connectivity index (χ2v) is 4.88. The Morgan fingerprint density at radius 3 is 2.74 bits per heavy atom. The summed E-state index contributed by atoms with van der Waals surface area (Å²) in [6.45, 7) is 4.21. The average Bonchev–Trinajstić information content (AvgIpc) is 2.96. The topological polar surface area (TPSA) is 41.9 Å². The van der Waals surface area contributed by atoms with Crippen LogP contribution in [0, 0.1) is 0 Å². The van der Waals surface area contributed by atoms with Crippen LogP contribution in [-0.2, 0) is 6.61 Å². The van der Waals surface area contributed by atoms with E-state index in [2.05, 4.69) is 4.90 Å². The van der Waals surface area contributed by atoms with Gasteiger partial charge >= 0.3 is 0 Å². The normalized spacial score (nSPS) is 15.7. The standard InChI is InChI=1S/C15H23NO3/c1-18-14-6-5-13(12-17)15(11-14)19-10-4-9-16-7-2-3-8-16/h5-6,11,17H,2-4,7-10,12H2,1H3. The van der Waals surface area contributed by atoms with Crippen LogP contribution in [0.2, 0.25) is 0 Å². The van der Waals surface area contributed by atoms with Crippen molar-refractivity contribution < 1.29 is 14.6 Å². The molecule has 0 radical (unpaired) electrons. The van der Waals surface area contributed by atoms with Gasteiger partial charge in [-0.1, -0.05) is 0 Å². The molecule has 0 spiro atoms. The molecule has 19 heavy (non-hydrogen) atoms. The van der Waals surface area contributed by atoms with Crippen molar-refractivity contribution in [3.8, 4) is 11.5 Å². The third kappa shape index (κ3) is 4.11. The van der Waals surface area contributed by atoms with Crippen LogP contribution < -0.4 is 9.47 Å². The monoisotopic (exact) mass is 265 g/mol. The Balaban J connectivity index is 1.80. The molecule has 0 saturated carbocycles. The molecule has 4 heteroatoms. The quantitative estimate of drug-likeness (QED) is 0.766. The second-order valence-electron chi connectivity index (χ2n) is 4.88. The van der Waals surface area contributed by atoms with E-state index in [0.717, 1.165) is 30.0 Å². The van der Waals surface area contributed by atoms with Gasteiger partial charge in [-0.15, -0.1) is 0 Å². The lowest BCUT2D eigenvalue weighted by molar-refractivity contribution is 0.245. The van der Waals surface area contributed by atoms with Gasteiger partial charge in [0.15, 0.2) is 0 Å². The molecule has 1 aliphatic heterocycles. The van der Waals surface area contributed by atoms with Crippen LogP contribution in [-0.4, -0.2) is 43.4 Å². The van der Waals surface area contributed by atoms with Gasteiger partial charge in [-0.25, -0.2) is 0 Å². The summed E-state index contributed by atoms with van der Waals surface area (Å²) in [5.74, 6) is 1.48. The summed E-state index contributed by atoms with van der Waals surface area (Å²) in [4.78, 5) is 2.47. The molecule has 0 bridgehead atoms. The number of aliphatic hydroxyl groups excluding tert-OH is 1. The molecule has 106 valence electrons. The van der Waals surface area contributed by atoms with Crippen LogP contribution in [0.25, 0.3) is 0 Å². The minimum atomic E-state index is -0.00848. The highest BCUT2D eigenvalue weighted by Crippen LogP contribution is 2.25. The molecule has 0 unspecified atom stereocenters. The Bertz CT molecular complexity index is 389. The van der Waals surface area contributed by atoms with Gasteiger partial charge in [-0.2, -0.15) is 0 Å². The Morgan fingerprint density at radius 2 is 2.05 bits per heavy atom. The van der Waals surface area contributed by atoms with Gasteiger partial charge in [-0.3, -0.25) is 0 Å². The maximum absolute atomic E-state index is 9.28. The van der Waals surface area contributed by atoms with Crippen LogP contribution in [0.4, 0.5) is 0 Å². The smallest absolute Gasteiger partial charge is 0.128 e. The maximum Gasteiger partial charge on any atom is 0.128 e. The van der Waals surface area contributed by atoms with E-state index in [9.17, 15) is 5.11 Å². The number of nitrogens with zero attached hydrogens (tertiary/aromatic N) is 1. The van der Waals surface area contributed by atoms with Crippen LogP contribution >= 0.6 is 0 Å². The third-order valence-electron chi connectivity index (χ3n) is 3.52. The molecule has 0 aliphatic carbocycles. The van der Waals surface area contributed by atoms with E-state index >= 15 is 0 Å². The second kappa shape index (κ2) is 7.36. The van der Waals surface area contributed by atoms with Gasteiger partial charge in [0, 0.05) is 18.2 Å². The zero-order chi connectivity index (χ0) is 13.5. The summed E-state index contributed by atoms with van der Waals surface area (Å²) >= 11 is 0. The predicted octanol–water partition coefficient (Wildman–Crippen LogP) is 2.05. The fourth-order valence-corrected chi connectivity index (χ4v) is 2.40. The van der Waals surface area contributed by atoms with Crippen molar-refractivity contribution in [1.82, 2.24) is 4.90 Å². The molecule has 1 N–H and O–H groups in total. The summed E-state index contributed by atoms with van der Waals surface area (Å²) in [5.41, 5.74) is 0.807. The first-order valence-electron chi connectivity index (χ1n) is 6.96. The Labute approximate surface area is 114 Å². The molecular weight excluding hydrogens is 242 g/mol. The third-order valence-corrected chi connectivity index (χ3v) is 3.52. The van der Waals surface area contributed by atoms with Crippen molar-refractivity contribution in [2.24, 2.45) is 0 Å². The molecule has 2 rings (SSSR count). The van der Waals surface area contributed by atoms with E-state index in [1.807, 2.05) is 18.2 Å². The number of benzene rings is 1. The first-order valence-corrected chi connectivity index (χ1v) is 6.96. The molecule has 1 heterocycles. The average molecular weight is 265 g/mol. The summed E-state index contributed by atoms with van der Waals surface area (Å²) < 4.78 is 10.9. The highest BCUT2D eigenvalue weighted by atomic mass is 16.5. The summed E-state index contributed by atoms with van der Waals surface area (Å²) in [6, 6.07) is 5.51. The zero-order valence-corrected chi connectivity index (χ0v) is 11.6. The Kier molecular flexibility index (Phi) is 5.48. The van der Waals surface area contributed by atoms with Crippen LogP contribution in [0.5, 0.6) is 11.5 Å². The Morgan fingerprint density at radius 1 is 1.26 bits per heavy atom. The van der Waals surface area contributed by atoms with Crippen molar-refractivity contribution in [2.45, 2.75) is 25.9 Å². The van der Waals surface area contributed by atoms with E-state index in [0.29, 0.717) is 6.61 Å². The minimum absolute atomic E-state index is 0.00848. The van der Waals surface area contributed by atoms with Gasteiger partial charge in [0.1, 0.15) is 11.5 Å². The zero-order valence-electron chi connectivity index (χ0n) is 11.6. The molecule has 1 aliphatic rings. The van der Waals surface area contributed by atoms with Crippen LogP contribution in [0.3, 0.4) is 0 Å². The SMILES string of the molecule is COc1ccc(CO)c(OCCCN2CCCC2)c1. The molecule has 0 aromatic heterocycles. The molecule has 1 saturated heterocycles. The van der Waals surface area contributed by atoms with Gasteiger partial charge < -0.3 is 19.5 Å². The molecule has 4 nitrogen and oxygen atoms in total. The van der Waals surface area contributed by atoms with Crippen LogP contribution in [0.15, 0.2) is 18.2 Å². The number of aliphatic hydroxyl groups is 1. The van der Waals surface area contributed by atoms with Gasteiger partial charge in [0.25, 0.3) is 0 Å². The lowest BCUT2D eigenvalue weighted by atomic mass is 10.2. The number of hydrogen-bond donors (Lipinski definition) is 1. The van der Waals surface area contributed by atoms with Gasteiger partial charge in [-0.05, 0) is 44.5 Å². The molecular formula is C15H23NO3. The van der Waals surface area contributed by atoms with E-state index in [1.165, 1.54) is 25.9 Å². The van der Waals surface area contributed by atoms with Crippen molar-refractivity contribution in [2.75, 3.05) is 33.4 Å². The first kappa shape index (κ1) is 14.2. The molecule has 0 atom stereocenters. The largest absolute Gasteiger partial charge is 0.497 e. The van der Waals surface area contributed by atoms with Crippen molar-refractivity contribution in [3.63, 3.8) is 0 Å². The summed E-state index contributed by atoms with van der Waals surface area (Å²) in [7, 11) is 1.63. The number of likely N-dealkylation sites (tertiary alicyclic amines) is 1. The maximum atomic E-state index is 9.28. The number of methoxy groups -OCH3 is 1. The lowest BCUT2D eigenvalue weighted by Crippen LogP contribution is -2.22. The number of rotatable bonds is 7. The molecule has 1 fully saturated rings. The fourth-order valence-electron chi connectivity index (χ4n) is 2.40. The Hall–Kier alpha value is -1.26. The molecule has 1 aromatic carbocycles. The fraction of sp³-hybridized carbons (Fsp3) is 0.600. The number of ether oxygens (including phenoxy) is 2. The minimum Gasteiger partial charge on any atom is -0.497 e. The van der Waals surface area contributed by atoms with Gasteiger partial charge in [0.2, 0.25) is 0 Å². The van der Waals surface area contributed by atoms with Crippen molar-refractivity contribution >= 4 is 0 Å².